The first-order chi connectivity index (χ1) is 11.3. The van der Waals surface area contributed by atoms with E-state index in [-0.39, 0.29) is 12.5 Å². The van der Waals surface area contributed by atoms with Gasteiger partial charge in [-0.25, -0.2) is 0 Å². The molecule has 0 fully saturated rings. The average molecular weight is 345 g/mol. The lowest BCUT2D eigenvalue weighted by atomic mass is 10.00. The van der Waals surface area contributed by atoms with Gasteiger partial charge in [0.05, 0.1) is 4.88 Å². The molecule has 3 nitrogen and oxygen atoms in total. The Labute approximate surface area is 143 Å². The van der Waals surface area contributed by atoms with Crippen molar-refractivity contribution in [2.45, 2.75) is 18.8 Å². The number of aliphatic hydroxyl groups is 1. The number of hydrogen-bond donors (Lipinski definition) is 2. The molecular formula is C18H19NO2S2. The average Bonchev–Trinajstić information content (AvgIpc) is 3.23. The Kier molecular flexibility index (Phi) is 5.43. The Bertz CT molecular complexity index is 731. The molecule has 0 saturated heterocycles. The number of amides is 1. The summed E-state index contributed by atoms with van der Waals surface area (Å²) in [6, 6.07) is 14.1. The lowest BCUT2D eigenvalue weighted by molar-refractivity contribution is 0.0956. The highest BCUT2D eigenvalue weighted by molar-refractivity contribution is 7.20. The van der Waals surface area contributed by atoms with Crippen molar-refractivity contribution < 1.29 is 9.90 Å². The van der Waals surface area contributed by atoms with Gasteiger partial charge in [-0.2, -0.15) is 0 Å². The van der Waals surface area contributed by atoms with Crippen molar-refractivity contribution in [2.75, 3.05) is 13.2 Å². The van der Waals surface area contributed by atoms with Gasteiger partial charge in [0.2, 0.25) is 0 Å². The molecule has 5 heteroatoms. The molecule has 0 bridgehead atoms. The zero-order valence-corrected chi connectivity index (χ0v) is 14.3. The van der Waals surface area contributed by atoms with Crippen molar-refractivity contribution in [2.24, 2.45) is 0 Å². The minimum atomic E-state index is -0.0138. The van der Waals surface area contributed by atoms with E-state index in [4.69, 9.17) is 0 Å². The molecule has 0 spiro atoms. The first-order valence-electron chi connectivity index (χ1n) is 7.69. The third-order valence-electron chi connectivity index (χ3n) is 3.85. The van der Waals surface area contributed by atoms with Crippen LogP contribution in [0.4, 0.5) is 0 Å². The second-order valence-corrected chi connectivity index (χ2v) is 7.48. The Balaban J connectivity index is 1.57. The van der Waals surface area contributed by atoms with E-state index in [1.165, 1.54) is 16.2 Å². The minimum Gasteiger partial charge on any atom is -0.396 e. The molecule has 23 heavy (non-hydrogen) atoms. The number of carbonyl (C=O) groups is 1. The highest BCUT2D eigenvalue weighted by Gasteiger charge is 2.14. The second-order valence-electron chi connectivity index (χ2n) is 5.42. The zero-order chi connectivity index (χ0) is 16.1. The number of nitrogens with one attached hydrogen (secondary N) is 1. The quantitative estimate of drug-likeness (QED) is 0.672. The Morgan fingerprint density at radius 1 is 1.17 bits per heavy atom. The maximum Gasteiger partial charge on any atom is 0.261 e. The summed E-state index contributed by atoms with van der Waals surface area (Å²) in [6.07, 6.45) is 1.58. The van der Waals surface area contributed by atoms with Gasteiger partial charge >= 0.3 is 0 Å². The molecule has 1 amide bonds. The van der Waals surface area contributed by atoms with E-state index < -0.39 is 0 Å². The monoisotopic (exact) mass is 345 g/mol. The van der Waals surface area contributed by atoms with Crippen LogP contribution in [-0.2, 0) is 0 Å². The summed E-state index contributed by atoms with van der Waals surface area (Å²) < 4.78 is 1.13. The fourth-order valence-corrected chi connectivity index (χ4v) is 4.53. The van der Waals surface area contributed by atoms with Crippen LogP contribution in [0.3, 0.4) is 0 Å². The summed E-state index contributed by atoms with van der Waals surface area (Å²) in [5, 5.41) is 15.4. The third kappa shape index (κ3) is 3.99. The standard InChI is InChI=1S/C18H19NO2S2/c20-10-8-13(15-6-3-11-22-15)7-9-19-18(21)17-12-14-4-1-2-5-16(14)23-17/h1-6,11-13,20H,7-10H2,(H,19,21)/t13-/m1/s1. The summed E-state index contributed by atoms with van der Waals surface area (Å²) in [4.78, 5) is 14.3. The molecule has 1 atom stereocenters. The van der Waals surface area contributed by atoms with Crippen LogP contribution < -0.4 is 5.32 Å². The summed E-state index contributed by atoms with van der Waals surface area (Å²) in [5.41, 5.74) is 0. The topological polar surface area (TPSA) is 49.3 Å². The molecule has 0 aliphatic heterocycles. The number of fused-ring (bicyclic) bond motifs is 1. The maximum absolute atomic E-state index is 12.3. The fourth-order valence-electron chi connectivity index (χ4n) is 2.65. The molecule has 2 aromatic heterocycles. The minimum absolute atomic E-state index is 0.0138. The van der Waals surface area contributed by atoms with Crippen molar-refractivity contribution in [3.63, 3.8) is 0 Å². The van der Waals surface area contributed by atoms with Crippen molar-refractivity contribution in [1.82, 2.24) is 5.32 Å². The van der Waals surface area contributed by atoms with Crippen molar-refractivity contribution in [3.8, 4) is 0 Å². The number of benzene rings is 1. The van der Waals surface area contributed by atoms with Gasteiger partial charge in [-0.1, -0.05) is 24.3 Å². The van der Waals surface area contributed by atoms with Crippen LogP contribution in [0.1, 0.15) is 33.3 Å². The Morgan fingerprint density at radius 2 is 2.04 bits per heavy atom. The molecule has 0 radical (unpaired) electrons. The first kappa shape index (κ1) is 16.2. The van der Waals surface area contributed by atoms with E-state index in [9.17, 15) is 9.90 Å². The maximum atomic E-state index is 12.3. The Hall–Kier alpha value is -1.69. The molecule has 3 aromatic rings. The summed E-state index contributed by atoms with van der Waals surface area (Å²) >= 11 is 3.23. The van der Waals surface area contributed by atoms with Gasteiger partial charge in [0.1, 0.15) is 0 Å². The van der Waals surface area contributed by atoms with E-state index in [0.717, 1.165) is 27.8 Å². The predicted molar refractivity (Wildman–Crippen MR) is 97.5 cm³/mol. The van der Waals surface area contributed by atoms with Crippen LogP contribution in [0.5, 0.6) is 0 Å². The zero-order valence-electron chi connectivity index (χ0n) is 12.7. The summed E-state index contributed by atoms with van der Waals surface area (Å²) in [6.45, 7) is 0.794. The SMILES string of the molecule is O=C(NCC[C@H](CCO)c1cccs1)c1cc2ccccc2s1. The van der Waals surface area contributed by atoms with Crippen LogP contribution in [-0.4, -0.2) is 24.2 Å². The van der Waals surface area contributed by atoms with Crippen LogP contribution in [0.25, 0.3) is 10.1 Å². The molecule has 0 aliphatic carbocycles. The molecule has 2 heterocycles. The molecule has 0 unspecified atom stereocenters. The van der Waals surface area contributed by atoms with Gasteiger partial charge in [0, 0.05) is 22.7 Å². The highest BCUT2D eigenvalue weighted by Crippen LogP contribution is 2.27. The largest absolute Gasteiger partial charge is 0.396 e. The van der Waals surface area contributed by atoms with E-state index >= 15 is 0 Å². The molecule has 120 valence electrons. The van der Waals surface area contributed by atoms with Gasteiger partial charge in [-0.05, 0) is 47.7 Å². The summed E-state index contributed by atoms with van der Waals surface area (Å²) in [7, 11) is 0. The molecular weight excluding hydrogens is 326 g/mol. The van der Waals surface area contributed by atoms with Crippen LogP contribution >= 0.6 is 22.7 Å². The Morgan fingerprint density at radius 3 is 2.78 bits per heavy atom. The van der Waals surface area contributed by atoms with Gasteiger partial charge in [0.25, 0.3) is 5.91 Å². The van der Waals surface area contributed by atoms with Crippen molar-refractivity contribution in [3.05, 3.63) is 57.6 Å². The van der Waals surface area contributed by atoms with Gasteiger partial charge in [-0.15, -0.1) is 22.7 Å². The molecule has 0 aliphatic rings. The van der Waals surface area contributed by atoms with E-state index in [0.29, 0.717) is 12.5 Å². The fraction of sp³-hybridized carbons (Fsp3) is 0.278. The lowest BCUT2D eigenvalue weighted by Gasteiger charge is -2.14. The van der Waals surface area contributed by atoms with Crippen LogP contribution in [0, 0.1) is 0 Å². The lowest BCUT2D eigenvalue weighted by Crippen LogP contribution is -2.24. The number of carbonyl (C=O) groups excluding carboxylic acids is 1. The predicted octanol–water partition coefficient (Wildman–Crippen LogP) is 4.25. The molecule has 2 N–H and O–H groups in total. The van der Waals surface area contributed by atoms with E-state index in [2.05, 4.69) is 16.8 Å². The highest BCUT2D eigenvalue weighted by atomic mass is 32.1. The van der Waals surface area contributed by atoms with Crippen molar-refractivity contribution in [1.29, 1.82) is 0 Å². The van der Waals surface area contributed by atoms with Crippen molar-refractivity contribution >= 4 is 38.7 Å². The molecule has 0 saturated carbocycles. The van der Waals surface area contributed by atoms with E-state index in [1.807, 2.05) is 36.4 Å². The molecule has 3 rings (SSSR count). The number of thiophene rings is 2. The van der Waals surface area contributed by atoms with Gasteiger partial charge in [0.15, 0.2) is 0 Å². The number of hydrogen-bond acceptors (Lipinski definition) is 4. The molecule has 1 aromatic carbocycles. The smallest absolute Gasteiger partial charge is 0.261 e. The summed E-state index contributed by atoms with van der Waals surface area (Å²) in [5.74, 6) is 0.294. The second kappa shape index (κ2) is 7.73. The first-order valence-corrected chi connectivity index (χ1v) is 9.38. The third-order valence-corrected chi connectivity index (χ3v) is 6.00. The number of rotatable bonds is 7. The van der Waals surface area contributed by atoms with Crippen LogP contribution in [0.15, 0.2) is 47.8 Å². The van der Waals surface area contributed by atoms with Crippen LogP contribution in [0.2, 0.25) is 0 Å². The van der Waals surface area contributed by atoms with E-state index in [1.54, 1.807) is 11.3 Å². The normalized spacial score (nSPS) is 12.4. The van der Waals surface area contributed by atoms with Gasteiger partial charge < -0.3 is 10.4 Å². The number of aliphatic hydroxyl groups excluding tert-OH is 1. The van der Waals surface area contributed by atoms with Gasteiger partial charge in [-0.3, -0.25) is 4.79 Å².